The van der Waals surface area contributed by atoms with E-state index in [-0.39, 0.29) is 23.1 Å². The fourth-order valence-corrected chi connectivity index (χ4v) is 3.51. The third-order valence-electron chi connectivity index (χ3n) is 2.99. The molecule has 0 saturated heterocycles. The summed E-state index contributed by atoms with van der Waals surface area (Å²) in [5.74, 6) is 0.134. The molecule has 0 spiro atoms. The Hall–Kier alpha value is -1.96. The molecule has 2 aromatic carbocycles. The van der Waals surface area contributed by atoms with Crippen molar-refractivity contribution < 1.29 is 17.9 Å². The largest absolute Gasteiger partial charge is 0.484 e. The Morgan fingerprint density at radius 1 is 1.08 bits per heavy atom. The van der Waals surface area contributed by atoms with Crippen LogP contribution in [0.3, 0.4) is 0 Å². The Morgan fingerprint density at radius 3 is 2.24 bits per heavy atom. The van der Waals surface area contributed by atoms with Crippen LogP contribution in [-0.2, 0) is 14.8 Å². The maximum Gasteiger partial charge on any atom is 0.261 e. The maximum atomic E-state index is 12.4. The Balaban J connectivity index is 2.08. The number of hydrogen-bond acceptors (Lipinski definition) is 4. The summed E-state index contributed by atoms with van der Waals surface area (Å²) in [5.41, 5.74) is 0.258. The number of amides is 1. The summed E-state index contributed by atoms with van der Waals surface area (Å²) in [7, 11) is -3.81. The first kappa shape index (κ1) is 19.4. The number of carbonyl (C=O) groups is 1. The van der Waals surface area contributed by atoms with Crippen LogP contribution in [0.4, 0.5) is 5.69 Å². The molecule has 2 N–H and O–H groups in total. The molecule has 2 aromatic rings. The van der Waals surface area contributed by atoms with Gasteiger partial charge in [-0.1, -0.05) is 23.2 Å². The Bertz CT molecular complexity index is 835. The molecule has 1 amide bonds. The molecular weight excluding hydrogens is 387 g/mol. The van der Waals surface area contributed by atoms with Crippen LogP contribution in [0.15, 0.2) is 47.4 Å². The van der Waals surface area contributed by atoms with E-state index in [2.05, 4.69) is 10.0 Å². The van der Waals surface area contributed by atoms with Crippen molar-refractivity contribution >= 4 is 44.8 Å². The summed E-state index contributed by atoms with van der Waals surface area (Å²) in [4.78, 5) is 11.4. The first-order valence-corrected chi connectivity index (χ1v) is 9.52. The van der Waals surface area contributed by atoms with Crippen LogP contribution in [0.25, 0.3) is 0 Å². The lowest BCUT2D eigenvalue weighted by Crippen LogP contribution is -2.28. The van der Waals surface area contributed by atoms with E-state index < -0.39 is 10.0 Å². The quantitative estimate of drug-likeness (QED) is 0.743. The summed E-state index contributed by atoms with van der Waals surface area (Å²) < 4.78 is 32.4. The van der Waals surface area contributed by atoms with Gasteiger partial charge in [-0.15, -0.1) is 0 Å². The summed E-state index contributed by atoms with van der Waals surface area (Å²) >= 11 is 11.7. The van der Waals surface area contributed by atoms with E-state index in [1.165, 1.54) is 42.5 Å². The molecule has 0 unspecified atom stereocenters. The molecule has 0 aliphatic carbocycles. The van der Waals surface area contributed by atoms with E-state index in [4.69, 9.17) is 27.9 Å². The van der Waals surface area contributed by atoms with Gasteiger partial charge in [0, 0.05) is 16.6 Å². The van der Waals surface area contributed by atoms with Gasteiger partial charge >= 0.3 is 0 Å². The number of sulfonamides is 1. The highest BCUT2D eigenvalue weighted by Crippen LogP contribution is 2.25. The number of ether oxygens (including phenoxy) is 1. The molecule has 0 aliphatic rings. The third-order valence-corrected chi connectivity index (χ3v) is 4.83. The molecule has 134 valence electrons. The van der Waals surface area contributed by atoms with Gasteiger partial charge in [0.15, 0.2) is 6.61 Å². The van der Waals surface area contributed by atoms with Gasteiger partial charge in [0.2, 0.25) is 0 Å². The second kappa shape index (κ2) is 8.42. The van der Waals surface area contributed by atoms with Crippen LogP contribution in [0.1, 0.15) is 6.92 Å². The minimum atomic E-state index is -3.81. The number of nitrogens with one attached hydrogen (secondary N) is 2. The van der Waals surface area contributed by atoms with Gasteiger partial charge in [-0.25, -0.2) is 8.42 Å². The molecule has 0 fully saturated rings. The van der Waals surface area contributed by atoms with Crippen molar-refractivity contribution in [2.75, 3.05) is 17.9 Å². The molecule has 25 heavy (non-hydrogen) atoms. The molecule has 0 radical (unpaired) electrons. The molecular formula is C16H16Cl2N2O4S. The van der Waals surface area contributed by atoms with Crippen LogP contribution in [0.2, 0.25) is 10.0 Å². The van der Waals surface area contributed by atoms with Gasteiger partial charge in [0.05, 0.1) is 10.6 Å². The number of likely N-dealkylation sites (N-methyl/N-ethyl adjacent to an activating group) is 1. The summed E-state index contributed by atoms with van der Waals surface area (Å²) in [6, 6.07) is 10.1. The zero-order chi connectivity index (χ0) is 18.4. The van der Waals surface area contributed by atoms with Gasteiger partial charge in [0.1, 0.15) is 5.75 Å². The molecule has 9 heteroatoms. The van der Waals surface area contributed by atoms with E-state index in [9.17, 15) is 13.2 Å². The fraction of sp³-hybridized carbons (Fsp3) is 0.188. The Labute approximate surface area is 156 Å². The monoisotopic (exact) mass is 402 g/mol. The van der Waals surface area contributed by atoms with Crippen LogP contribution in [0.5, 0.6) is 5.75 Å². The molecule has 0 bridgehead atoms. The molecule has 0 heterocycles. The topological polar surface area (TPSA) is 84.5 Å². The SMILES string of the molecule is CCNC(=O)COc1ccc(S(=O)(=O)Nc2cc(Cl)cc(Cl)c2)cc1. The van der Waals surface area contributed by atoms with Crippen LogP contribution >= 0.6 is 23.2 Å². The van der Waals surface area contributed by atoms with E-state index >= 15 is 0 Å². The average Bonchev–Trinajstić information content (AvgIpc) is 2.52. The normalized spacial score (nSPS) is 11.0. The maximum absolute atomic E-state index is 12.4. The highest BCUT2D eigenvalue weighted by Gasteiger charge is 2.15. The first-order valence-electron chi connectivity index (χ1n) is 7.28. The van der Waals surface area contributed by atoms with Gasteiger partial charge in [-0.2, -0.15) is 0 Å². The van der Waals surface area contributed by atoms with E-state index in [1.807, 2.05) is 0 Å². The summed E-state index contributed by atoms with van der Waals surface area (Å²) in [6.07, 6.45) is 0. The zero-order valence-electron chi connectivity index (χ0n) is 13.3. The minimum absolute atomic E-state index is 0.0361. The van der Waals surface area contributed by atoms with Crippen molar-refractivity contribution in [3.8, 4) is 5.75 Å². The predicted molar refractivity (Wildman–Crippen MR) is 97.9 cm³/mol. The van der Waals surface area contributed by atoms with E-state index in [0.29, 0.717) is 22.3 Å². The predicted octanol–water partition coefficient (Wildman–Crippen LogP) is 3.31. The minimum Gasteiger partial charge on any atom is -0.484 e. The summed E-state index contributed by atoms with van der Waals surface area (Å²) in [6.45, 7) is 2.18. The average molecular weight is 403 g/mol. The van der Waals surface area contributed by atoms with Crippen molar-refractivity contribution in [3.63, 3.8) is 0 Å². The number of anilines is 1. The highest BCUT2D eigenvalue weighted by molar-refractivity contribution is 7.92. The molecule has 0 aliphatic heterocycles. The molecule has 6 nitrogen and oxygen atoms in total. The second-order valence-corrected chi connectivity index (χ2v) is 7.53. The van der Waals surface area contributed by atoms with E-state index in [0.717, 1.165) is 0 Å². The highest BCUT2D eigenvalue weighted by atomic mass is 35.5. The Kier molecular flexibility index (Phi) is 6.52. The molecule has 0 aromatic heterocycles. The van der Waals surface area contributed by atoms with Crippen LogP contribution in [0, 0.1) is 0 Å². The number of rotatable bonds is 7. The van der Waals surface area contributed by atoms with Crippen molar-refractivity contribution in [1.29, 1.82) is 0 Å². The molecule has 0 saturated carbocycles. The number of halogens is 2. The van der Waals surface area contributed by atoms with Gasteiger partial charge < -0.3 is 10.1 Å². The van der Waals surface area contributed by atoms with Crippen molar-refractivity contribution in [1.82, 2.24) is 5.32 Å². The van der Waals surface area contributed by atoms with Crippen LogP contribution < -0.4 is 14.8 Å². The lowest BCUT2D eigenvalue weighted by molar-refractivity contribution is -0.122. The molecule has 2 rings (SSSR count). The zero-order valence-corrected chi connectivity index (χ0v) is 15.6. The lowest BCUT2D eigenvalue weighted by atomic mass is 10.3. The smallest absolute Gasteiger partial charge is 0.261 e. The summed E-state index contributed by atoms with van der Waals surface area (Å²) in [5, 5.41) is 3.23. The molecule has 0 atom stereocenters. The van der Waals surface area contributed by atoms with Gasteiger partial charge in [-0.3, -0.25) is 9.52 Å². The van der Waals surface area contributed by atoms with Crippen molar-refractivity contribution in [3.05, 3.63) is 52.5 Å². The Morgan fingerprint density at radius 2 is 1.68 bits per heavy atom. The van der Waals surface area contributed by atoms with Crippen molar-refractivity contribution in [2.24, 2.45) is 0 Å². The van der Waals surface area contributed by atoms with Gasteiger partial charge in [-0.05, 0) is 49.4 Å². The lowest BCUT2D eigenvalue weighted by Gasteiger charge is -2.10. The third kappa shape index (κ3) is 5.81. The van der Waals surface area contributed by atoms with Crippen LogP contribution in [-0.4, -0.2) is 27.5 Å². The number of hydrogen-bond donors (Lipinski definition) is 2. The number of carbonyl (C=O) groups excluding carboxylic acids is 1. The van der Waals surface area contributed by atoms with Crippen molar-refractivity contribution in [2.45, 2.75) is 11.8 Å². The van der Waals surface area contributed by atoms with Gasteiger partial charge in [0.25, 0.3) is 15.9 Å². The standard InChI is InChI=1S/C16H16Cl2N2O4S/c1-2-19-16(21)10-24-14-3-5-15(6-4-14)25(22,23)20-13-8-11(17)7-12(18)9-13/h3-9,20H,2,10H2,1H3,(H,19,21). The van der Waals surface area contributed by atoms with E-state index in [1.54, 1.807) is 6.92 Å². The first-order chi connectivity index (χ1) is 11.8. The fourth-order valence-electron chi connectivity index (χ4n) is 1.94. The second-order valence-electron chi connectivity index (χ2n) is 4.98. The number of benzene rings is 2.